The fourth-order valence-corrected chi connectivity index (χ4v) is 2.21. The van der Waals surface area contributed by atoms with Gasteiger partial charge in [0.2, 0.25) is 0 Å². The van der Waals surface area contributed by atoms with Gasteiger partial charge in [0.1, 0.15) is 6.10 Å². The van der Waals surface area contributed by atoms with Crippen LogP contribution in [0.5, 0.6) is 0 Å². The van der Waals surface area contributed by atoms with Crippen LogP contribution in [0.1, 0.15) is 18.1 Å². The average Bonchev–Trinajstić information content (AvgIpc) is 2.92. The lowest BCUT2D eigenvalue weighted by atomic mass is 10.0. The van der Waals surface area contributed by atoms with Crippen LogP contribution in [-0.2, 0) is 0 Å². The van der Waals surface area contributed by atoms with Gasteiger partial charge in [-0.1, -0.05) is 28.1 Å². The molecule has 96 valence electrons. The van der Waals surface area contributed by atoms with E-state index in [1.807, 2.05) is 24.4 Å². The van der Waals surface area contributed by atoms with Crippen molar-refractivity contribution >= 4 is 15.9 Å². The molecule has 0 radical (unpaired) electrons. The second-order valence-electron chi connectivity index (χ2n) is 4.03. The summed E-state index contributed by atoms with van der Waals surface area (Å²) >= 11 is 3.25. The molecule has 0 aliphatic rings. The van der Waals surface area contributed by atoms with Gasteiger partial charge in [-0.05, 0) is 30.2 Å². The molecule has 5 heteroatoms. The van der Waals surface area contributed by atoms with E-state index in [1.54, 1.807) is 23.0 Å². The maximum absolute atomic E-state index is 9.95. The summed E-state index contributed by atoms with van der Waals surface area (Å²) in [5, 5.41) is 24.5. The summed E-state index contributed by atoms with van der Waals surface area (Å²) in [5.41, 5.74) is 1.63. The zero-order valence-electron chi connectivity index (χ0n) is 9.78. The molecule has 0 spiro atoms. The fraction of sp³-hybridized carbons (Fsp3) is 0.308. The van der Waals surface area contributed by atoms with E-state index in [2.05, 4.69) is 21.0 Å². The van der Waals surface area contributed by atoms with Crippen LogP contribution in [-0.4, -0.2) is 31.4 Å². The first kappa shape index (κ1) is 13.3. The first-order valence-electron chi connectivity index (χ1n) is 5.74. The first-order valence-corrected chi connectivity index (χ1v) is 6.86. The highest BCUT2D eigenvalue weighted by molar-refractivity contribution is 9.09. The lowest BCUT2D eigenvalue weighted by Gasteiger charge is -2.17. The van der Waals surface area contributed by atoms with E-state index >= 15 is 0 Å². The number of aliphatic hydroxyl groups is 2. The molecule has 18 heavy (non-hydrogen) atoms. The van der Waals surface area contributed by atoms with Crippen LogP contribution in [0, 0.1) is 0 Å². The van der Waals surface area contributed by atoms with Crippen LogP contribution >= 0.6 is 15.9 Å². The Hall–Kier alpha value is -1.17. The molecule has 0 aliphatic carbocycles. The molecule has 2 atom stereocenters. The number of benzene rings is 1. The molecular formula is C13H15BrN2O2. The summed E-state index contributed by atoms with van der Waals surface area (Å²) in [5.74, 6) is 0. The molecule has 0 amide bonds. The van der Waals surface area contributed by atoms with Crippen LogP contribution in [0.3, 0.4) is 0 Å². The Morgan fingerprint density at radius 1 is 1.22 bits per heavy atom. The summed E-state index contributed by atoms with van der Waals surface area (Å²) in [6.07, 6.45) is 2.48. The van der Waals surface area contributed by atoms with E-state index in [0.717, 1.165) is 5.69 Å². The van der Waals surface area contributed by atoms with Crippen molar-refractivity contribution in [3.05, 3.63) is 48.3 Å². The topological polar surface area (TPSA) is 58.3 Å². The molecule has 0 fully saturated rings. The van der Waals surface area contributed by atoms with Crippen molar-refractivity contribution < 1.29 is 10.2 Å². The van der Waals surface area contributed by atoms with Crippen molar-refractivity contribution in [3.8, 4) is 5.69 Å². The van der Waals surface area contributed by atoms with Gasteiger partial charge in [0.15, 0.2) is 0 Å². The van der Waals surface area contributed by atoms with E-state index in [9.17, 15) is 10.2 Å². The predicted octanol–water partition coefficient (Wildman–Crippen LogP) is 2.05. The van der Waals surface area contributed by atoms with Crippen LogP contribution in [0.4, 0.5) is 0 Å². The van der Waals surface area contributed by atoms with Crippen LogP contribution in [0.15, 0.2) is 42.7 Å². The van der Waals surface area contributed by atoms with Crippen LogP contribution in [0.2, 0.25) is 0 Å². The van der Waals surface area contributed by atoms with E-state index in [-0.39, 0.29) is 0 Å². The van der Waals surface area contributed by atoms with Gasteiger partial charge < -0.3 is 10.2 Å². The number of aromatic nitrogens is 2. The number of nitrogens with zero attached hydrogens (tertiary/aromatic N) is 2. The third-order valence-corrected chi connectivity index (χ3v) is 3.23. The fourth-order valence-electron chi connectivity index (χ4n) is 1.74. The molecule has 4 nitrogen and oxygen atoms in total. The molecular weight excluding hydrogens is 296 g/mol. The van der Waals surface area contributed by atoms with E-state index < -0.39 is 12.2 Å². The van der Waals surface area contributed by atoms with Gasteiger partial charge in [0, 0.05) is 17.7 Å². The van der Waals surface area contributed by atoms with E-state index in [0.29, 0.717) is 17.3 Å². The Morgan fingerprint density at radius 2 is 1.94 bits per heavy atom. The van der Waals surface area contributed by atoms with Gasteiger partial charge >= 0.3 is 0 Å². The van der Waals surface area contributed by atoms with Crippen molar-refractivity contribution in [2.24, 2.45) is 0 Å². The first-order chi connectivity index (χ1) is 8.72. The monoisotopic (exact) mass is 310 g/mol. The second kappa shape index (κ2) is 6.13. The molecule has 2 rings (SSSR count). The molecule has 2 N–H and O–H groups in total. The highest BCUT2D eigenvalue weighted by Gasteiger charge is 2.17. The van der Waals surface area contributed by atoms with Crippen molar-refractivity contribution in [1.82, 2.24) is 9.78 Å². The van der Waals surface area contributed by atoms with Crippen molar-refractivity contribution in [3.63, 3.8) is 0 Å². The molecule has 0 aliphatic heterocycles. The standard InChI is InChI=1S/C13H15BrN2O2/c14-7-6-12(17)13(18)10-2-4-11(5-3-10)16-9-1-8-15-16/h1-5,8-9,12-13,17-18H,6-7H2. The maximum Gasteiger partial charge on any atom is 0.105 e. The summed E-state index contributed by atoms with van der Waals surface area (Å²) < 4.78 is 1.74. The number of hydrogen-bond donors (Lipinski definition) is 2. The number of hydrogen-bond acceptors (Lipinski definition) is 3. The Morgan fingerprint density at radius 3 is 2.50 bits per heavy atom. The SMILES string of the molecule is OC(CCBr)C(O)c1ccc(-n2cccn2)cc1. The van der Waals surface area contributed by atoms with Gasteiger partial charge in [-0.3, -0.25) is 0 Å². The molecule has 1 aromatic heterocycles. The smallest absolute Gasteiger partial charge is 0.105 e. The van der Waals surface area contributed by atoms with Crippen molar-refractivity contribution in [2.45, 2.75) is 18.6 Å². The minimum absolute atomic E-state index is 0.516. The Labute approximate surface area is 114 Å². The third kappa shape index (κ3) is 2.98. The minimum atomic E-state index is -0.853. The number of halogens is 1. The summed E-state index contributed by atoms with van der Waals surface area (Å²) in [6.45, 7) is 0. The molecule has 0 bridgehead atoms. The number of rotatable bonds is 5. The van der Waals surface area contributed by atoms with Crippen LogP contribution in [0.25, 0.3) is 5.69 Å². The molecule has 2 unspecified atom stereocenters. The second-order valence-corrected chi connectivity index (χ2v) is 4.83. The average molecular weight is 311 g/mol. The summed E-state index contributed by atoms with van der Waals surface area (Å²) in [7, 11) is 0. The molecule has 1 aromatic carbocycles. The van der Waals surface area contributed by atoms with Gasteiger partial charge in [0.05, 0.1) is 11.8 Å². The minimum Gasteiger partial charge on any atom is -0.390 e. The Balaban J connectivity index is 2.12. The molecule has 0 saturated heterocycles. The number of alkyl halides is 1. The third-order valence-electron chi connectivity index (χ3n) is 2.77. The predicted molar refractivity (Wildman–Crippen MR) is 72.9 cm³/mol. The Kier molecular flexibility index (Phi) is 4.52. The van der Waals surface area contributed by atoms with Gasteiger partial charge in [-0.2, -0.15) is 5.10 Å². The van der Waals surface area contributed by atoms with E-state index in [4.69, 9.17) is 0 Å². The zero-order valence-corrected chi connectivity index (χ0v) is 11.4. The molecule has 1 heterocycles. The van der Waals surface area contributed by atoms with Crippen molar-refractivity contribution in [1.29, 1.82) is 0 Å². The lowest BCUT2D eigenvalue weighted by molar-refractivity contribution is 0.0173. The lowest BCUT2D eigenvalue weighted by Crippen LogP contribution is -2.18. The molecule has 2 aromatic rings. The largest absolute Gasteiger partial charge is 0.390 e. The quantitative estimate of drug-likeness (QED) is 0.831. The van der Waals surface area contributed by atoms with Gasteiger partial charge in [-0.15, -0.1) is 0 Å². The molecule has 0 saturated carbocycles. The van der Waals surface area contributed by atoms with Gasteiger partial charge in [0.25, 0.3) is 0 Å². The highest BCUT2D eigenvalue weighted by atomic mass is 79.9. The summed E-state index contributed by atoms with van der Waals surface area (Å²) in [6, 6.07) is 9.19. The number of aliphatic hydroxyl groups excluding tert-OH is 2. The maximum atomic E-state index is 9.95. The summed E-state index contributed by atoms with van der Waals surface area (Å²) in [4.78, 5) is 0. The Bertz CT molecular complexity index is 470. The zero-order chi connectivity index (χ0) is 13.0. The van der Waals surface area contributed by atoms with Gasteiger partial charge in [-0.25, -0.2) is 4.68 Å². The van der Waals surface area contributed by atoms with Crippen molar-refractivity contribution in [2.75, 3.05) is 5.33 Å². The van der Waals surface area contributed by atoms with Crippen LogP contribution < -0.4 is 0 Å². The van der Waals surface area contributed by atoms with E-state index in [1.165, 1.54) is 0 Å². The normalized spacial score (nSPS) is 14.4. The highest BCUT2D eigenvalue weighted by Crippen LogP contribution is 2.20.